The van der Waals surface area contributed by atoms with Crippen molar-refractivity contribution in [1.29, 1.82) is 0 Å². The van der Waals surface area contributed by atoms with Crippen LogP contribution in [-0.2, 0) is 4.79 Å². The van der Waals surface area contributed by atoms with Gasteiger partial charge >= 0.3 is 0 Å². The van der Waals surface area contributed by atoms with Gasteiger partial charge in [0, 0.05) is 37.3 Å². The SMILES string of the molecule is CC(C)N=C1S/C(=C/c2ccc(N3CCCCC3)o2)C(=O)N1C(C)C. The van der Waals surface area contributed by atoms with Crippen molar-refractivity contribution in [2.75, 3.05) is 18.0 Å². The van der Waals surface area contributed by atoms with E-state index in [2.05, 4.69) is 9.89 Å². The van der Waals surface area contributed by atoms with Crippen LogP contribution in [0.25, 0.3) is 6.08 Å². The predicted octanol–water partition coefficient (Wildman–Crippen LogP) is 4.36. The number of nitrogens with zero attached hydrogens (tertiary/aromatic N) is 3. The Morgan fingerprint density at radius 1 is 1.16 bits per heavy atom. The minimum absolute atomic E-state index is 0.00956. The molecule has 2 saturated heterocycles. The number of furan rings is 1. The molecule has 2 aliphatic heterocycles. The maximum atomic E-state index is 12.8. The van der Waals surface area contributed by atoms with Gasteiger partial charge in [-0.25, -0.2) is 0 Å². The topological polar surface area (TPSA) is 49.1 Å². The fraction of sp³-hybridized carbons (Fsp3) is 0.579. The number of carbonyl (C=O) groups is 1. The Labute approximate surface area is 154 Å². The molecular formula is C19H27N3O2S. The molecule has 1 amide bonds. The second kappa shape index (κ2) is 7.68. The highest BCUT2D eigenvalue weighted by Gasteiger charge is 2.35. The molecule has 0 saturated carbocycles. The average molecular weight is 362 g/mol. The molecule has 0 radical (unpaired) electrons. The number of rotatable bonds is 4. The largest absolute Gasteiger partial charge is 0.441 e. The smallest absolute Gasteiger partial charge is 0.267 e. The van der Waals surface area contributed by atoms with Gasteiger partial charge in [-0.1, -0.05) is 0 Å². The zero-order valence-electron chi connectivity index (χ0n) is 15.5. The first-order valence-corrected chi connectivity index (χ1v) is 9.93. The van der Waals surface area contributed by atoms with Crippen LogP contribution in [0.2, 0.25) is 0 Å². The number of anilines is 1. The van der Waals surface area contributed by atoms with E-state index in [1.54, 1.807) is 4.90 Å². The monoisotopic (exact) mass is 361 g/mol. The van der Waals surface area contributed by atoms with Crippen molar-refractivity contribution in [3.8, 4) is 0 Å². The summed E-state index contributed by atoms with van der Waals surface area (Å²) >= 11 is 1.44. The molecule has 1 aromatic rings. The number of amidine groups is 1. The van der Waals surface area contributed by atoms with Crippen molar-refractivity contribution in [1.82, 2.24) is 4.90 Å². The Balaban J connectivity index is 1.81. The summed E-state index contributed by atoms with van der Waals surface area (Å²) < 4.78 is 5.97. The van der Waals surface area contributed by atoms with Gasteiger partial charge in [-0.15, -0.1) is 0 Å². The van der Waals surface area contributed by atoms with E-state index < -0.39 is 0 Å². The van der Waals surface area contributed by atoms with Gasteiger partial charge in [0.1, 0.15) is 5.76 Å². The van der Waals surface area contributed by atoms with Crippen molar-refractivity contribution in [2.24, 2.45) is 4.99 Å². The molecule has 25 heavy (non-hydrogen) atoms. The van der Waals surface area contributed by atoms with Crippen LogP contribution in [0.15, 0.2) is 26.4 Å². The van der Waals surface area contributed by atoms with E-state index in [0.717, 1.165) is 29.9 Å². The van der Waals surface area contributed by atoms with Crippen molar-refractivity contribution in [3.05, 3.63) is 22.8 Å². The molecule has 136 valence electrons. The lowest BCUT2D eigenvalue weighted by Gasteiger charge is -2.25. The Morgan fingerprint density at radius 2 is 1.88 bits per heavy atom. The first-order chi connectivity index (χ1) is 12.0. The summed E-state index contributed by atoms with van der Waals surface area (Å²) in [4.78, 5) is 22.1. The third kappa shape index (κ3) is 4.11. The van der Waals surface area contributed by atoms with Gasteiger partial charge in [0.05, 0.1) is 4.91 Å². The van der Waals surface area contributed by atoms with Crippen LogP contribution in [0.3, 0.4) is 0 Å². The van der Waals surface area contributed by atoms with E-state index in [-0.39, 0.29) is 18.0 Å². The summed E-state index contributed by atoms with van der Waals surface area (Å²) in [6, 6.07) is 4.20. The van der Waals surface area contributed by atoms with Gasteiger partial charge in [-0.2, -0.15) is 0 Å². The van der Waals surface area contributed by atoms with Crippen LogP contribution in [0.5, 0.6) is 0 Å². The molecule has 0 spiro atoms. The van der Waals surface area contributed by atoms with Gasteiger partial charge in [0.25, 0.3) is 5.91 Å². The Morgan fingerprint density at radius 3 is 2.52 bits per heavy atom. The molecule has 1 aromatic heterocycles. The fourth-order valence-electron chi connectivity index (χ4n) is 3.09. The summed E-state index contributed by atoms with van der Waals surface area (Å²) in [6.07, 6.45) is 5.56. The minimum Gasteiger partial charge on any atom is -0.441 e. The number of amides is 1. The third-order valence-corrected chi connectivity index (χ3v) is 5.27. The molecule has 3 heterocycles. The van der Waals surface area contributed by atoms with Crippen LogP contribution >= 0.6 is 11.8 Å². The van der Waals surface area contributed by atoms with Crippen molar-refractivity contribution in [2.45, 2.75) is 59.0 Å². The molecule has 0 N–H and O–H groups in total. The lowest BCUT2D eigenvalue weighted by molar-refractivity contribution is -0.123. The zero-order valence-corrected chi connectivity index (χ0v) is 16.3. The highest BCUT2D eigenvalue weighted by molar-refractivity contribution is 8.18. The van der Waals surface area contributed by atoms with E-state index in [1.165, 1.54) is 31.0 Å². The standard InChI is InChI=1S/C19H27N3O2S/c1-13(2)20-19-22(14(3)4)18(23)16(25-19)12-15-8-9-17(24-15)21-10-6-5-7-11-21/h8-9,12-14H,5-7,10-11H2,1-4H3/b16-12+,20-19?. The summed E-state index contributed by atoms with van der Waals surface area (Å²) in [5.41, 5.74) is 0. The van der Waals surface area contributed by atoms with E-state index >= 15 is 0 Å². The zero-order chi connectivity index (χ0) is 18.0. The van der Waals surface area contributed by atoms with Gasteiger partial charge < -0.3 is 9.32 Å². The average Bonchev–Trinajstić information content (AvgIpc) is 3.13. The molecule has 3 rings (SSSR count). The molecule has 5 nitrogen and oxygen atoms in total. The summed E-state index contributed by atoms with van der Waals surface area (Å²) in [6.45, 7) is 10.2. The Kier molecular flexibility index (Phi) is 5.57. The molecule has 0 atom stereocenters. The van der Waals surface area contributed by atoms with Gasteiger partial charge in [0.15, 0.2) is 11.1 Å². The van der Waals surface area contributed by atoms with E-state index in [1.807, 2.05) is 45.9 Å². The highest BCUT2D eigenvalue weighted by atomic mass is 32.2. The van der Waals surface area contributed by atoms with Gasteiger partial charge in [-0.3, -0.25) is 14.7 Å². The normalized spacial score (nSPS) is 22.2. The lowest BCUT2D eigenvalue weighted by Crippen LogP contribution is -2.35. The Hall–Kier alpha value is -1.69. The predicted molar refractivity (Wildman–Crippen MR) is 105 cm³/mol. The van der Waals surface area contributed by atoms with Gasteiger partial charge in [0.2, 0.25) is 0 Å². The molecule has 0 aromatic carbocycles. The van der Waals surface area contributed by atoms with Crippen molar-refractivity contribution < 1.29 is 9.21 Å². The van der Waals surface area contributed by atoms with Crippen LogP contribution in [0.4, 0.5) is 5.88 Å². The second-order valence-corrected chi connectivity index (χ2v) is 8.12. The van der Waals surface area contributed by atoms with E-state index in [4.69, 9.17) is 4.42 Å². The minimum atomic E-state index is 0.00956. The molecule has 2 fully saturated rings. The summed E-state index contributed by atoms with van der Waals surface area (Å²) in [5.74, 6) is 1.64. The molecule has 0 bridgehead atoms. The van der Waals surface area contributed by atoms with Crippen LogP contribution in [0, 0.1) is 0 Å². The second-order valence-electron chi connectivity index (χ2n) is 7.11. The first kappa shape index (κ1) is 18.1. The van der Waals surface area contributed by atoms with Crippen molar-refractivity contribution in [3.63, 3.8) is 0 Å². The lowest BCUT2D eigenvalue weighted by atomic mass is 10.1. The van der Waals surface area contributed by atoms with Crippen molar-refractivity contribution >= 4 is 34.8 Å². The van der Waals surface area contributed by atoms with E-state index in [9.17, 15) is 4.79 Å². The highest BCUT2D eigenvalue weighted by Crippen LogP contribution is 2.35. The molecular weight excluding hydrogens is 334 g/mol. The number of thioether (sulfide) groups is 1. The molecule has 2 aliphatic rings. The Bertz CT molecular complexity index is 685. The molecule has 0 unspecified atom stereocenters. The van der Waals surface area contributed by atoms with Crippen LogP contribution in [-0.4, -0.2) is 41.1 Å². The number of hydrogen-bond donors (Lipinski definition) is 0. The van der Waals surface area contributed by atoms with E-state index in [0.29, 0.717) is 4.91 Å². The maximum Gasteiger partial charge on any atom is 0.267 e. The fourth-order valence-corrected chi connectivity index (χ4v) is 4.30. The van der Waals surface area contributed by atoms with Crippen LogP contribution < -0.4 is 4.90 Å². The molecule has 0 aliphatic carbocycles. The quantitative estimate of drug-likeness (QED) is 0.748. The number of hydrogen-bond acceptors (Lipinski definition) is 5. The van der Waals surface area contributed by atoms with Crippen LogP contribution in [0.1, 0.15) is 52.7 Å². The summed E-state index contributed by atoms with van der Waals surface area (Å²) in [7, 11) is 0. The first-order valence-electron chi connectivity index (χ1n) is 9.11. The van der Waals surface area contributed by atoms with Gasteiger partial charge in [-0.05, 0) is 64.8 Å². The summed E-state index contributed by atoms with van der Waals surface area (Å²) in [5, 5.41) is 0.782. The molecule has 6 heteroatoms. The maximum absolute atomic E-state index is 12.8. The number of carbonyl (C=O) groups excluding carboxylic acids is 1. The number of piperidine rings is 1. The number of aliphatic imine (C=N–C) groups is 1. The third-order valence-electron chi connectivity index (χ3n) is 4.28.